The maximum atomic E-state index is 12.0. The molecular weight excluding hydrogens is 188 g/mol. The molecule has 0 aromatic carbocycles. The average molecular weight is 214 g/mol. The van der Waals surface area contributed by atoms with Gasteiger partial charge in [0.05, 0.1) is 6.04 Å². The number of nitrogens with two attached hydrogens (primary N) is 1. The van der Waals surface area contributed by atoms with E-state index in [9.17, 15) is 4.79 Å². The van der Waals surface area contributed by atoms with E-state index < -0.39 is 0 Å². The lowest BCUT2D eigenvalue weighted by atomic mass is 9.98. The van der Waals surface area contributed by atoms with Crippen molar-refractivity contribution in [3.05, 3.63) is 0 Å². The monoisotopic (exact) mass is 214 g/mol. The largest absolute Gasteiger partial charge is 0.341 e. The number of likely N-dealkylation sites (N-methyl/N-ethyl adjacent to an activating group) is 1. The molecule has 0 bridgehead atoms. The van der Waals surface area contributed by atoms with E-state index >= 15 is 0 Å². The Bertz CT molecular complexity index is 192. The van der Waals surface area contributed by atoms with Crippen LogP contribution < -0.4 is 5.73 Å². The van der Waals surface area contributed by atoms with Gasteiger partial charge in [-0.3, -0.25) is 4.79 Å². The number of hydrogen-bond donors (Lipinski definition) is 1. The fourth-order valence-corrected chi connectivity index (χ4v) is 1.52. The summed E-state index contributed by atoms with van der Waals surface area (Å²) < 4.78 is 0. The summed E-state index contributed by atoms with van der Waals surface area (Å²) in [4.78, 5) is 13.9. The first-order valence-corrected chi connectivity index (χ1v) is 5.98. The van der Waals surface area contributed by atoms with Crippen molar-refractivity contribution in [1.82, 2.24) is 4.90 Å². The number of carbonyl (C=O) groups is 1. The van der Waals surface area contributed by atoms with Gasteiger partial charge in [-0.25, -0.2) is 0 Å². The first-order chi connectivity index (χ1) is 6.93. The summed E-state index contributed by atoms with van der Waals surface area (Å²) in [5, 5.41) is 0. The van der Waals surface area contributed by atoms with Crippen LogP contribution in [0.1, 0.15) is 41.0 Å². The van der Waals surface area contributed by atoms with Crippen LogP contribution in [0.4, 0.5) is 0 Å². The summed E-state index contributed by atoms with van der Waals surface area (Å²) in [5.74, 6) is 0.859. The molecule has 3 nitrogen and oxygen atoms in total. The van der Waals surface area contributed by atoms with Gasteiger partial charge in [0.15, 0.2) is 0 Å². The Morgan fingerprint density at radius 2 is 1.80 bits per heavy atom. The molecule has 0 aliphatic carbocycles. The van der Waals surface area contributed by atoms with E-state index in [-0.39, 0.29) is 17.9 Å². The molecule has 3 heteroatoms. The molecule has 0 aromatic rings. The highest BCUT2D eigenvalue weighted by atomic mass is 16.2. The fraction of sp³-hybridized carbons (Fsp3) is 0.917. The van der Waals surface area contributed by atoms with Crippen LogP contribution in [-0.4, -0.2) is 29.9 Å². The Morgan fingerprint density at radius 3 is 2.13 bits per heavy atom. The second-order valence-corrected chi connectivity index (χ2v) is 4.68. The molecule has 0 saturated heterocycles. The Balaban J connectivity index is 4.37. The second-order valence-electron chi connectivity index (χ2n) is 4.68. The summed E-state index contributed by atoms with van der Waals surface area (Å²) in [6.07, 6.45) is 0.951. The normalized spacial score (nSPS) is 15.1. The van der Waals surface area contributed by atoms with Crippen molar-refractivity contribution in [3.63, 3.8) is 0 Å². The first kappa shape index (κ1) is 14.4. The topological polar surface area (TPSA) is 46.3 Å². The van der Waals surface area contributed by atoms with Gasteiger partial charge in [-0.15, -0.1) is 0 Å². The van der Waals surface area contributed by atoms with Gasteiger partial charge in [-0.2, -0.15) is 0 Å². The highest BCUT2D eigenvalue weighted by molar-refractivity contribution is 5.81. The van der Waals surface area contributed by atoms with Crippen LogP contribution in [0.5, 0.6) is 0 Å². The first-order valence-electron chi connectivity index (χ1n) is 5.98. The molecule has 90 valence electrons. The molecule has 0 rings (SSSR count). The summed E-state index contributed by atoms with van der Waals surface area (Å²) in [5.41, 5.74) is 5.93. The molecule has 0 radical (unpaired) electrons. The van der Waals surface area contributed by atoms with Crippen LogP contribution in [0.3, 0.4) is 0 Å². The Morgan fingerprint density at radius 1 is 1.27 bits per heavy atom. The van der Waals surface area contributed by atoms with Gasteiger partial charge in [0.2, 0.25) is 5.91 Å². The van der Waals surface area contributed by atoms with E-state index in [4.69, 9.17) is 5.73 Å². The molecule has 0 saturated carbocycles. The van der Waals surface area contributed by atoms with E-state index in [0.717, 1.165) is 19.5 Å². The molecule has 0 unspecified atom stereocenters. The Kier molecular flexibility index (Phi) is 6.57. The van der Waals surface area contributed by atoms with Crippen LogP contribution in [0.25, 0.3) is 0 Å². The highest BCUT2D eigenvalue weighted by Crippen LogP contribution is 2.09. The number of rotatable bonds is 6. The van der Waals surface area contributed by atoms with Gasteiger partial charge in [0.25, 0.3) is 0 Å². The lowest BCUT2D eigenvalue weighted by Crippen LogP contribution is -2.48. The Hall–Kier alpha value is -0.570. The predicted molar refractivity (Wildman–Crippen MR) is 64.5 cm³/mol. The minimum Gasteiger partial charge on any atom is -0.341 e. The molecule has 0 aliphatic heterocycles. The van der Waals surface area contributed by atoms with Crippen LogP contribution in [0.15, 0.2) is 0 Å². The molecule has 2 N–H and O–H groups in total. The van der Waals surface area contributed by atoms with Crippen LogP contribution >= 0.6 is 0 Å². The SMILES string of the molecule is CC[C@H](C)[C@H](N)C(=O)N(CC)CC(C)C. The fourth-order valence-electron chi connectivity index (χ4n) is 1.52. The summed E-state index contributed by atoms with van der Waals surface area (Å²) in [7, 11) is 0. The third-order valence-corrected chi connectivity index (χ3v) is 2.82. The second kappa shape index (κ2) is 6.83. The number of carbonyl (C=O) groups excluding carboxylic acids is 1. The minimum absolute atomic E-state index is 0.0977. The third kappa shape index (κ3) is 4.65. The molecule has 1 amide bonds. The van der Waals surface area contributed by atoms with E-state index in [1.807, 2.05) is 18.7 Å². The van der Waals surface area contributed by atoms with E-state index in [0.29, 0.717) is 5.92 Å². The van der Waals surface area contributed by atoms with Crippen molar-refractivity contribution in [2.24, 2.45) is 17.6 Å². The van der Waals surface area contributed by atoms with Gasteiger partial charge < -0.3 is 10.6 Å². The quantitative estimate of drug-likeness (QED) is 0.733. The van der Waals surface area contributed by atoms with Crippen molar-refractivity contribution < 1.29 is 4.79 Å². The van der Waals surface area contributed by atoms with Crippen LogP contribution in [0.2, 0.25) is 0 Å². The summed E-state index contributed by atoms with van der Waals surface area (Å²) >= 11 is 0. The minimum atomic E-state index is -0.339. The molecule has 15 heavy (non-hydrogen) atoms. The molecule has 0 fully saturated rings. The molecule has 0 aliphatic rings. The van der Waals surface area contributed by atoms with Gasteiger partial charge in [0.1, 0.15) is 0 Å². The number of nitrogens with zero attached hydrogens (tertiary/aromatic N) is 1. The Labute approximate surface area is 94.0 Å². The van der Waals surface area contributed by atoms with Crippen molar-refractivity contribution in [3.8, 4) is 0 Å². The van der Waals surface area contributed by atoms with Crippen molar-refractivity contribution in [2.45, 2.75) is 47.1 Å². The highest BCUT2D eigenvalue weighted by Gasteiger charge is 2.24. The van der Waals surface area contributed by atoms with E-state index in [2.05, 4.69) is 20.8 Å². The van der Waals surface area contributed by atoms with Crippen molar-refractivity contribution in [2.75, 3.05) is 13.1 Å². The van der Waals surface area contributed by atoms with Crippen molar-refractivity contribution in [1.29, 1.82) is 0 Å². The number of hydrogen-bond acceptors (Lipinski definition) is 2. The molecule has 2 atom stereocenters. The summed E-state index contributed by atoms with van der Waals surface area (Å²) in [6, 6.07) is -0.339. The lowest BCUT2D eigenvalue weighted by Gasteiger charge is -2.28. The zero-order valence-corrected chi connectivity index (χ0v) is 10.8. The third-order valence-electron chi connectivity index (χ3n) is 2.82. The molecule has 0 spiro atoms. The molecule has 0 aromatic heterocycles. The summed E-state index contributed by atoms with van der Waals surface area (Å²) in [6.45, 7) is 11.9. The van der Waals surface area contributed by atoms with Gasteiger partial charge in [-0.1, -0.05) is 34.1 Å². The average Bonchev–Trinajstić information content (AvgIpc) is 2.22. The van der Waals surface area contributed by atoms with Crippen LogP contribution in [0, 0.1) is 11.8 Å². The number of amides is 1. The smallest absolute Gasteiger partial charge is 0.239 e. The lowest BCUT2D eigenvalue weighted by molar-refractivity contribution is -0.134. The van der Waals surface area contributed by atoms with Crippen molar-refractivity contribution >= 4 is 5.91 Å². The zero-order valence-electron chi connectivity index (χ0n) is 10.8. The molecule has 0 heterocycles. The zero-order chi connectivity index (χ0) is 12.0. The standard InChI is InChI=1S/C12H26N2O/c1-6-10(5)11(13)12(15)14(7-2)8-9(3)4/h9-11H,6-8,13H2,1-5H3/t10-,11-/m0/s1. The van der Waals surface area contributed by atoms with Gasteiger partial charge >= 0.3 is 0 Å². The maximum absolute atomic E-state index is 12.0. The van der Waals surface area contributed by atoms with E-state index in [1.165, 1.54) is 0 Å². The van der Waals surface area contributed by atoms with Gasteiger partial charge in [-0.05, 0) is 18.8 Å². The van der Waals surface area contributed by atoms with Crippen LogP contribution in [-0.2, 0) is 4.79 Å². The van der Waals surface area contributed by atoms with E-state index in [1.54, 1.807) is 0 Å². The van der Waals surface area contributed by atoms with Gasteiger partial charge in [0, 0.05) is 13.1 Å². The molecular formula is C12H26N2O. The maximum Gasteiger partial charge on any atom is 0.239 e. The predicted octanol–water partition coefficient (Wildman–Crippen LogP) is 1.86.